The Bertz CT molecular complexity index is 531. The Labute approximate surface area is 147 Å². The average molecular weight is 444 g/mol. The van der Waals surface area contributed by atoms with Gasteiger partial charge in [-0.25, -0.2) is 0 Å². The van der Waals surface area contributed by atoms with Crippen LogP contribution in [-0.4, -0.2) is 44.2 Å². The Kier molecular flexibility index (Phi) is 7.65. The molecule has 0 aliphatic heterocycles. The van der Waals surface area contributed by atoms with E-state index in [9.17, 15) is 57.1 Å². The van der Waals surface area contributed by atoms with E-state index in [0.29, 0.717) is 6.55 Å². The first-order chi connectivity index (χ1) is 11.7. The molecule has 162 valence electrons. The molecule has 0 heterocycles. The molecule has 0 aliphatic carbocycles. The van der Waals surface area contributed by atoms with Gasteiger partial charge in [0.05, 0.1) is 6.04 Å². The van der Waals surface area contributed by atoms with Gasteiger partial charge in [-0.2, -0.15) is 52.7 Å². The minimum atomic E-state index is -7.57. The maximum absolute atomic E-state index is 13.5. The molecule has 0 bridgehead atoms. The third-order valence-electron chi connectivity index (χ3n) is 3.67. The van der Waals surface area contributed by atoms with E-state index in [0.717, 1.165) is 0 Å². The first-order valence-electron chi connectivity index (χ1n) is 7.49. The number of halogens is 12. The molecule has 1 nitrogen and oxygen atoms in total. The van der Waals surface area contributed by atoms with E-state index in [1.807, 2.05) is 0 Å². The zero-order chi connectivity index (χ0) is 22.1. The van der Waals surface area contributed by atoms with Gasteiger partial charge in [-0.05, 0) is 13.0 Å². The van der Waals surface area contributed by atoms with Crippen molar-refractivity contribution in [2.45, 2.75) is 80.7 Å². The van der Waals surface area contributed by atoms with Crippen LogP contribution in [0.3, 0.4) is 0 Å². The lowest BCUT2D eigenvalue weighted by Gasteiger charge is -2.41. The summed E-state index contributed by atoms with van der Waals surface area (Å²) in [6.45, 7) is 1.81. The fourth-order valence-corrected chi connectivity index (χ4v) is 2.88. The van der Waals surface area contributed by atoms with E-state index in [-0.39, 0.29) is 12.8 Å². The van der Waals surface area contributed by atoms with E-state index >= 15 is 0 Å². The normalized spacial score (nSPS) is 15.2. The van der Waals surface area contributed by atoms with Crippen molar-refractivity contribution in [1.29, 1.82) is 0 Å². The first-order valence-corrected chi connectivity index (χ1v) is 9.61. The van der Waals surface area contributed by atoms with Gasteiger partial charge in [-0.1, -0.05) is 19.8 Å². The Morgan fingerprint density at radius 1 is 0.630 bits per heavy atom. The first kappa shape index (κ1) is 26.2. The lowest BCUT2D eigenvalue weighted by Crippen LogP contribution is -2.70. The highest BCUT2D eigenvalue weighted by atomic mass is 28.3. The molecule has 0 aromatic heterocycles. The van der Waals surface area contributed by atoms with Crippen LogP contribution in [0.1, 0.15) is 32.6 Å². The molecule has 0 radical (unpaired) electrons. The van der Waals surface area contributed by atoms with Gasteiger partial charge in [0, 0.05) is 6.42 Å². The molecule has 0 amide bonds. The van der Waals surface area contributed by atoms with Crippen LogP contribution in [0.25, 0.3) is 0 Å². The lowest BCUT2D eigenvalue weighted by molar-refractivity contribution is -0.423. The van der Waals surface area contributed by atoms with Crippen molar-refractivity contribution >= 4 is 8.68 Å². The summed E-state index contributed by atoms with van der Waals surface area (Å²) in [5.74, 6) is -41.3. The molecule has 0 fully saturated rings. The van der Waals surface area contributed by atoms with Crippen molar-refractivity contribution in [3.63, 3.8) is 0 Å². The molecule has 0 saturated heterocycles. The highest BCUT2D eigenvalue weighted by Gasteiger charge is 2.89. The molecule has 0 rings (SSSR count). The smallest absolute Gasteiger partial charge is 0.384 e. The molecule has 0 N–H and O–H groups in total. The van der Waals surface area contributed by atoms with Crippen molar-refractivity contribution in [1.82, 2.24) is 0 Å². The zero-order valence-corrected chi connectivity index (χ0v) is 15.0. The van der Waals surface area contributed by atoms with Crippen molar-refractivity contribution in [3.8, 4) is 0 Å². The molecule has 0 saturated carbocycles. The zero-order valence-electron chi connectivity index (χ0n) is 14.0. The van der Waals surface area contributed by atoms with E-state index in [2.05, 4.69) is 0 Å². The van der Waals surface area contributed by atoms with Crippen LogP contribution in [0.15, 0.2) is 0 Å². The highest BCUT2D eigenvalue weighted by Crippen LogP contribution is 2.61. The van der Waals surface area contributed by atoms with E-state index in [1.54, 1.807) is 0 Å². The van der Waals surface area contributed by atoms with Crippen molar-refractivity contribution < 1.29 is 57.1 Å². The van der Waals surface area contributed by atoms with Crippen LogP contribution < -0.4 is 0 Å². The Morgan fingerprint density at radius 3 is 1.33 bits per heavy atom. The Morgan fingerprint density at radius 2 is 1.00 bits per heavy atom. The topological polar surface area (TPSA) is 17.1 Å². The van der Waals surface area contributed by atoms with E-state index in [1.165, 1.54) is 6.92 Å². The van der Waals surface area contributed by atoms with Gasteiger partial charge in [0.25, 0.3) is 8.68 Å². The predicted octanol–water partition coefficient (Wildman–Crippen LogP) is 6.43. The fourth-order valence-electron chi connectivity index (χ4n) is 2.03. The summed E-state index contributed by atoms with van der Waals surface area (Å²) >= 11 is 0. The lowest BCUT2D eigenvalue weighted by atomic mass is 9.90. The highest BCUT2D eigenvalue weighted by molar-refractivity contribution is 6.41. The van der Waals surface area contributed by atoms with Crippen LogP contribution in [0.4, 0.5) is 52.7 Å². The van der Waals surface area contributed by atoms with Gasteiger partial charge >= 0.3 is 35.5 Å². The largest absolute Gasteiger partial charge is 0.389 e. The predicted molar refractivity (Wildman–Crippen MR) is 70.9 cm³/mol. The SMILES string of the molecule is CCCCCC(F)(F)C(F)(F)C(F)(F)C(F)(F)C(F)(F)C(F)(F)C[Si](C)=O. The molecule has 0 aliphatic rings. The number of hydrogen-bond acceptors (Lipinski definition) is 1. The molecule has 0 atom stereocenters. The average Bonchev–Trinajstić information content (AvgIpc) is 2.44. The van der Waals surface area contributed by atoms with Crippen LogP contribution in [0, 0.1) is 0 Å². The van der Waals surface area contributed by atoms with Crippen LogP contribution >= 0.6 is 0 Å². The second-order valence-corrected chi connectivity index (χ2v) is 7.80. The Balaban J connectivity index is 6.10. The van der Waals surface area contributed by atoms with E-state index in [4.69, 9.17) is 0 Å². The van der Waals surface area contributed by atoms with E-state index < -0.39 is 63.1 Å². The summed E-state index contributed by atoms with van der Waals surface area (Å²) in [5.41, 5.74) is 0. The number of unbranched alkanes of at least 4 members (excludes halogenated alkanes) is 2. The van der Waals surface area contributed by atoms with Gasteiger partial charge in [-0.15, -0.1) is 0 Å². The second kappa shape index (κ2) is 7.89. The summed E-state index contributed by atoms with van der Waals surface area (Å²) < 4.78 is 172. The third kappa shape index (κ3) is 4.44. The summed E-state index contributed by atoms with van der Waals surface area (Å²) in [6.07, 6.45) is -2.92. The minimum Gasteiger partial charge on any atom is -0.389 e. The van der Waals surface area contributed by atoms with Crippen molar-refractivity contribution in [2.24, 2.45) is 0 Å². The molecule has 14 heteroatoms. The van der Waals surface area contributed by atoms with Crippen LogP contribution in [-0.2, 0) is 4.46 Å². The summed E-state index contributed by atoms with van der Waals surface area (Å²) in [7, 11) is -3.65. The van der Waals surface area contributed by atoms with Crippen LogP contribution in [0.2, 0.25) is 12.6 Å². The second-order valence-electron chi connectivity index (χ2n) is 6.04. The molecule has 0 aromatic carbocycles. The monoisotopic (exact) mass is 444 g/mol. The van der Waals surface area contributed by atoms with Gasteiger partial charge in [0.15, 0.2) is 0 Å². The molecule has 27 heavy (non-hydrogen) atoms. The number of hydrogen-bond donors (Lipinski definition) is 0. The molecule has 0 aromatic rings. The fraction of sp³-hybridized carbons (Fsp3) is 1.00. The standard InChI is InChI=1S/C13H16F12OSi/c1-3-4-5-6-8(14,15)10(18,19)12(22,23)13(24,25)11(20,21)9(16,17)7-27(2)26/h3-7H2,1-2H3. The summed E-state index contributed by atoms with van der Waals surface area (Å²) in [5, 5.41) is 0. The van der Waals surface area contributed by atoms with Gasteiger partial charge < -0.3 is 4.46 Å². The molecule has 0 spiro atoms. The molecular formula is C13H16F12OSi. The van der Waals surface area contributed by atoms with Crippen LogP contribution in [0.5, 0.6) is 0 Å². The quantitative estimate of drug-likeness (QED) is 0.204. The molecule has 0 unspecified atom stereocenters. The van der Waals surface area contributed by atoms with Gasteiger partial charge in [-0.3, -0.25) is 0 Å². The van der Waals surface area contributed by atoms with Gasteiger partial charge in [0.2, 0.25) is 0 Å². The number of rotatable bonds is 11. The maximum atomic E-state index is 13.5. The Hall–Kier alpha value is -0.823. The van der Waals surface area contributed by atoms with Crippen molar-refractivity contribution in [3.05, 3.63) is 0 Å². The molecular weight excluding hydrogens is 428 g/mol. The minimum absolute atomic E-state index is 0.148. The van der Waals surface area contributed by atoms with Crippen molar-refractivity contribution in [2.75, 3.05) is 0 Å². The summed E-state index contributed by atoms with van der Waals surface area (Å²) in [4.78, 5) is 0. The van der Waals surface area contributed by atoms with Gasteiger partial charge in [0.1, 0.15) is 0 Å². The number of alkyl halides is 12. The third-order valence-corrected chi connectivity index (χ3v) is 4.61. The summed E-state index contributed by atoms with van der Waals surface area (Å²) in [6, 6.07) is -2.51. The maximum Gasteiger partial charge on any atom is 0.384 e.